The summed E-state index contributed by atoms with van der Waals surface area (Å²) >= 11 is 7.94. The summed E-state index contributed by atoms with van der Waals surface area (Å²) in [6.07, 6.45) is 29.3. The summed E-state index contributed by atoms with van der Waals surface area (Å²) in [5.74, 6) is 0. The number of furan rings is 2. The van der Waals surface area contributed by atoms with Gasteiger partial charge in [-0.25, -0.2) is 24.9 Å². The highest BCUT2D eigenvalue weighted by Gasteiger charge is 1.90. The van der Waals surface area contributed by atoms with Gasteiger partial charge in [0.2, 0.25) is 19.2 Å². The van der Waals surface area contributed by atoms with Crippen LogP contribution in [0.1, 0.15) is 0 Å². The zero-order valence-corrected chi connectivity index (χ0v) is 42.2. The lowest BCUT2D eigenvalue weighted by Crippen LogP contribution is -1.57. The van der Waals surface area contributed by atoms with E-state index in [1.165, 1.54) is 90.1 Å². The summed E-state index contributed by atoms with van der Waals surface area (Å²) in [5, 5.41) is 39.7. The third kappa shape index (κ3) is 36.4. The molecule has 0 aliphatic rings. The first-order valence-electron chi connectivity index (χ1n) is 20.3. The summed E-state index contributed by atoms with van der Waals surface area (Å²) in [6.45, 7) is 0. The van der Waals surface area contributed by atoms with Gasteiger partial charge in [-0.2, -0.15) is 25.9 Å². The lowest BCUT2D eigenvalue weighted by Gasteiger charge is -1.82. The van der Waals surface area contributed by atoms with Crippen LogP contribution in [-0.4, -0.2) is 85.2 Å². The number of fused-ring (bicyclic) bond motifs is 2. The summed E-state index contributed by atoms with van der Waals surface area (Å²) in [4.78, 5) is 24.3. The Labute approximate surface area is 436 Å². The molecular formula is C46H45N17O5S5. The lowest BCUT2D eigenvalue weighted by atomic mass is 10.3. The van der Waals surface area contributed by atoms with Crippen LogP contribution in [0.3, 0.4) is 0 Å². The highest BCUT2D eigenvalue weighted by Crippen LogP contribution is 2.19. The molecule has 22 nitrogen and oxygen atoms in total. The maximum atomic E-state index is 5.12. The van der Waals surface area contributed by atoms with E-state index in [4.69, 9.17) is 4.42 Å². The van der Waals surface area contributed by atoms with Crippen molar-refractivity contribution in [3.05, 3.63) is 254 Å². The second-order valence-corrected chi connectivity index (χ2v) is 15.2. The Balaban J connectivity index is 0.000000210. The number of imidazole rings is 1. The molecule has 0 spiro atoms. The minimum absolute atomic E-state index is 0.956. The van der Waals surface area contributed by atoms with Gasteiger partial charge in [-0.05, 0) is 75.5 Å². The number of nitrogens with one attached hydrogen (secondary N) is 3. The fraction of sp³-hybridized carbons (Fsp3) is 0. The fourth-order valence-electron chi connectivity index (χ4n) is 3.76. The summed E-state index contributed by atoms with van der Waals surface area (Å²) in [7, 11) is 0. The Kier molecular flexibility index (Phi) is 36.9. The van der Waals surface area contributed by atoms with Gasteiger partial charge in [0, 0.05) is 46.5 Å². The normalized spacial score (nSPS) is 8.55. The number of aromatic nitrogens is 17. The smallest absolute Gasteiger partial charge is 0.213 e. The lowest BCUT2D eigenvalue weighted by molar-refractivity contribution is 0.416. The number of rotatable bonds is 0. The molecule has 3 N–H and O–H groups in total. The first-order chi connectivity index (χ1) is 36.4. The molecule has 0 saturated carbocycles. The molecule has 0 aliphatic carbocycles. The number of hydrogen-bond donors (Lipinski definition) is 3. The number of thiophene rings is 2. The van der Waals surface area contributed by atoms with Crippen LogP contribution in [0, 0.1) is 0 Å². The largest absolute Gasteiger partial charge is 0.473 e. The molecule has 0 fully saturated rings. The fourth-order valence-corrected chi connectivity index (χ4v) is 5.90. The van der Waals surface area contributed by atoms with Crippen molar-refractivity contribution in [2.24, 2.45) is 0 Å². The number of H-pyrrole nitrogens is 3. The van der Waals surface area contributed by atoms with E-state index in [9.17, 15) is 0 Å². The molecule has 374 valence electrons. The van der Waals surface area contributed by atoms with E-state index < -0.39 is 0 Å². The third-order valence-corrected chi connectivity index (χ3v) is 9.45. The Morgan fingerprint density at radius 3 is 1.63 bits per heavy atom. The summed E-state index contributed by atoms with van der Waals surface area (Å²) in [5.41, 5.74) is 7.79. The second-order valence-electron chi connectivity index (χ2n) is 11.4. The van der Waals surface area contributed by atoms with Gasteiger partial charge in [-0.15, -0.1) is 54.4 Å². The maximum absolute atomic E-state index is 5.12. The van der Waals surface area contributed by atoms with Crippen LogP contribution in [0.25, 0.3) is 21.1 Å². The van der Waals surface area contributed by atoms with Crippen molar-refractivity contribution in [2.75, 3.05) is 0 Å². The molecule has 73 heavy (non-hydrogen) atoms. The van der Waals surface area contributed by atoms with Gasteiger partial charge in [-0.3, -0.25) is 15.2 Å². The van der Waals surface area contributed by atoms with E-state index in [0.717, 1.165) is 11.0 Å². The number of nitrogens with zero attached hydrogens (tertiary/aromatic N) is 14. The third-order valence-electron chi connectivity index (χ3n) is 6.54. The van der Waals surface area contributed by atoms with Crippen LogP contribution in [0.5, 0.6) is 0 Å². The average Bonchev–Trinajstić information content (AvgIpc) is 4.32. The molecule has 0 unspecified atom stereocenters. The van der Waals surface area contributed by atoms with Crippen LogP contribution in [0.2, 0.25) is 0 Å². The highest BCUT2D eigenvalue weighted by molar-refractivity contribution is 7.17. The van der Waals surface area contributed by atoms with Gasteiger partial charge in [0.25, 0.3) is 0 Å². The molecule has 15 rings (SSSR count). The van der Waals surface area contributed by atoms with Crippen LogP contribution >= 0.6 is 56.9 Å². The predicted molar refractivity (Wildman–Crippen MR) is 282 cm³/mol. The van der Waals surface area contributed by atoms with E-state index in [1.54, 1.807) is 118 Å². The van der Waals surface area contributed by atoms with Gasteiger partial charge >= 0.3 is 0 Å². The van der Waals surface area contributed by atoms with Crippen LogP contribution < -0.4 is 0 Å². The number of para-hydroxylation sites is 1. The highest BCUT2D eigenvalue weighted by atomic mass is 32.1. The van der Waals surface area contributed by atoms with Crippen molar-refractivity contribution in [1.82, 2.24) is 85.2 Å². The molecule has 15 aromatic rings. The van der Waals surface area contributed by atoms with Crippen molar-refractivity contribution in [3.63, 3.8) is 0 Å². The number of oxazole rings is 1. The SMILES string of the molecule is c1c[nH]cn1.c1ccc2occc2c1.c1ccc2sccc2c1.c1ccoc1.c1ccsc1.c1cn[nH]c1.c1cocn1.c1cscn1.c1nc[nH]n1.c1ncon1.c1ncsn1.c1nnco1.c1nncs1. The van der Waals surface area contributed by atoms with E-state index in [-0.39, 0.29) is 0 Å². The Morgan fingerprint density at radius 2 is 1.27 bits per heavy atom. The summed E-state index contributed by atoms with van der Waals surface area (Å²) < 4.78 is 27.8. The van der Waals surface area contributed by atoms with E-state index >= 15 is 0 Å². The monoisotopic (exact) mass is 1080 g/mol. The zero-order valence-electron chi connectivity index (χ0n) is 38.1. The molecule has 0 bridgehead atoms. The van der Waals surface area contributed by atoms with Gasteiger partial charge in [0.15, 0.2) is 12.7 Å². The Hall–Kier alpha value is -9.28. The molecule has 27 heteroatoms. The molecular weight excluding hydrogens is 1030 g/mol. The standard InChI is InChI=1S/C8H6O.C8H6S.C4H4O.C4H4S.2C3H4N2.C3H3NO.C3H3NS.C2H3N3.2C2H2N2O.2C2H2N2S/c2*1-2-4-8-7(3-1)5-6-9-8;2*1-2-4-5-3-1;1-2-5-3-4-1;1-2-4-5-3-1;2*1-2-5-3-4-1;1-3-2-5-4-1;1-3-4-2-5-1;1-3-2-5-4-1;1-3-4-2-5-1;1-3-2-5-4-1/h2*1-6H;2*1-4H;2*1-3H,(H,4,5);2*1-3H;1-2H,(H,3,4,5);4*1-2H. The first-order valence-corrected chi connectivity index (χ1v) is 24.8. The minimum atomic E-state index is 0.956. The predicted octanol–water partition coefficient (Wildman–Crippen LogP) is 12.0. The van der Waals surface area contributed by atoms with Crippen LogP contribution in [0.15, 0.2) is 276 Å². The number of benzene rings is 2. The average molecular weight is 1080 g/mol. The van der Waals surface area contributed by atoms with E-state index in [1.807, 2.05) is 76.8 Å². The minimum Gasteiger partial charge on any atom is -0.473 e. The Bertz CT molecular complexity index is 2220. The zero-order chi connectivity index (χ0) is 51.1. The molecule has 0 saturated heterocycles. The summed E-state index contributed by atoms with van der Waals surface area (Å²) in [6, 6.07) is 30.0. The molecule has 0 atom stereocenters. The van der Waals surface area contributed by atoms with Gasteiger partial charge < -0.3 is 27.2 Å². The topological polar surface area (TPSA) is 294 Å². The van der Waals surface area contributed by atoms with Crippen molar-refractivity contribution in [1.29, 1.82) is 0 Å². The van der Waals surface area contributed by atoms with Crippen molar-refractivity contribution in [2.45, 2.75) is 0 Å². The van der Waals surface area contributed by atoms with Crippen molar-refractivity contribution in [3.8, 4) is 0 Å². The quantitative estimate of drug-likeness (QED) is 0.127. The van der Waals surface area contributed by atoms with E-state index in [0.29, 0.717) is 0 Å². The van der Waals surface area contributed by atoms with Crippen LogP contribution in [0.4, 0.5) is 0 Å². The van der Waals surface area contributed by atoms with E-state index in [2.05, 4.69) is 139 Å². The molecule has 0 radical (unpaired) electrons. The molecule has 0 aliphatic heterocycles. The molecule has 2 aromatic carbocycles. The van der Waals surface area contributed by atoms with Crippen molar-refractivity contribution >= 4 is 77.9 Å². The number of thiazole rings is 1. The number of aromatic amines is 3. The first kappa shape index (κ1) is 58.0. The molecule has 0 amide bonds. The molecule has 13 heterocycles. The number of hydrogen-bond acceptors (Lipinski definition) is 24. The van der Waals surface area contributed by atoms with Crippen LogP contribution in [-0.2, 0) is 0 Å². The Morgan fingerprint density at radius 1 is 0.438 bits per heavy atom. The van der Waals surface area contributed by atoms with Gasteiger partial charge in [-0.1, -0.05) is 53.7 Å². The van der Waals surface area contributed by atoms with Gasteiger partial charge in [0.1, 0.15) is 47.4 Å². The van der Waals surface area contributed by atoms with Crippen molar-refractivity contribution < 1.29 is 22.2 Å². The maximum Gasteiger partial charge on any atom is 0.213 e. The second kappa shape index (κ2) is 46.4. The molecule has 13 aromatic heterocycles. The van der Waals surface area contributed by atoms with Gasteiger partial charge in [0.05, 0.1) is 36.8 Å².